The third kappa shape index (κ3) is 4.80. The molecule has 7 heteroatoms. The molecule has 28 heavy (non-hydrogen) atoms. The maximum atomic E-state index is 13.7. The van der Waals surface area contributed by atoms with Crippen molar-refractivity contribution in [1.82, 2.24) is 15.1 Å². The van der Waals surface area contributed by atoms with Crippen molar-refractivity contribution < 1.29 is 14.0 Å². The van der Waals surface area contributed by atoms with E-state index in [1.54, 1.807) is 17.9 Å². The molecule has 154 valence electrons. The average Bonchev–Trinajstić information content (AvgIpc) is 2.69. The Morgan fingerprint density at radius 1 is 1.21 bits per heavy atom. The summed E-state index contributed by atoms with van der Waals surface area (Å²) in [5, 5.41) is 2.96. The van der Waals surface area contributed by atoms with Crippen LogP contribution in [0, 0.1) is 18.7 Å². The lowest BCUT2D eigenvalue weighted by atomic mass is 9.87. The molecule has 1 N–H and O–H groups in total. The number of benzene rings is 1. The van der Waals surface area contributed by atoms with Gasteiger partial charge in [-0.3, -0.25) is 4.79 Å². The van der Waals surface area contributed by atoms with Gasteiger partial charge in [0.1, 0.15) is 5.82 Å². The topological polar surface area (TPSA) is 52.7 Å². The average molecular weight is 408 g/mol. The van der Waals surface area contributed by atoms with Gasteiger partial charge in [-0.1, -0.05) is 12.1 Å². The summed E-state index contributed by atoms with van der Waals surface area (Å²) in [5.41, 5.74) is 1.50. The Kier molecular flexibility index (Phi) is 6.86. The van der Waals surface area contributed by atoms with Crippen molar-refractivity contribution in [2.45, 2.75) is 45.7 Å². The molecule has 1 aromatic rings. The van der Waals surface area contributed by atoms with Gasteiger partial charge in [0.2, 0.25) is 5.91 Å². The van der Waals surface area contributed by atoms with Crippen LogP contribution in [0.5, 0.6) is 0 Å². The van der Waals surface area contributed by atoms with Crippen LogP contribution in [-0.4, -0.2) is 58.9 Å². The highest BCUT2D eigenvalue weighted by Crippen LogP contribution is 2.35. The Bertz CT molecular complexity index is 722. The van der Waals surface area contributed by atoms with Crippen LogP contribution in [0.3, 0.4) is 0 Å². The molecule has 0 spiro atoms. The Labute approximate surface area is 171 Å². The number of halogens is 1. The molecule has 2 atom stereocenters. The second kappa shape index (κ2) is 9.16. The monoisotopic (exact) mass is 407 g/mol. The molecule has 3 amide bonds. The Morgan fingerprint density at radius 3 is 2.57 bits per heavy atom. The van der Waals surface area contributed by atoms with Crippen LogP contribution in [0.2, 0.25) is 0 Å². The molecule has 2 aliphatic rings. The number of hydrogen-bond acceptors (Lipinski definition) is 3. The summed E-state index contributed by atoms with van der Waals surface area (Å²) in [6.07, 6.45) is 1.45. The normalized spacial score (nSPS) is 23.0. The van der Waals surface area contributed by atoms with E-state index in [4.69, 9.17) is 0 Å². The van der Waals surface area contributed by atoms with Gasteiger partial charge >= 0.3 is 6.03 Å². The quantitative estimate of drug-likeness (QED) is 0.833. The predicted molar refractivity (Wildman–Crippen MR) is 111 cm³/mol. The van der Waals surface area contributed by atoms with E-state index in [2.05, 4.69) is 5.32 Å². The van der Waals surface area contributed by atoms with Gasteiger partial charge in [-0.2, -0.15) is 11.8 Å². The largest absolute Gasteiger partial charge is 0.341 e. The van der Waals surface area contributed by atoms with Crippen LogP contribution in [0.25, 0.3) is 0 Å². The molecule has 1 aromatic carbocycles. The zero-order valence-electron chi connectivity index (χ0n) is 16.9. The van der Waals surface area contributed by atoms with Gasteiger partial charge in [-0.05, 0) is 50.8 Å². The molecule has 0 aliphatic carbocycles. The Morgan fingerprint density at radius 2 is 1.93 bits per heavy atom. The summed E-state index contributed by atoms with van der Waals surface area (Å²) in [4.78, 5) is 29.6. The maximum Gasteiger partial charge on any atom is 0.318 e. The standard InChI is InChI=1S/C21H30FN3O2S/c1-14(2)23-21(27)25-13-17(20(26)24-8-10-28-11-9-24)5-7-19(25)16-4-6-18(22)15(3)12-16/h4,6,12,14,17,19H,5,7-11,13H2,1-3H3,(H,23,27)/t17-,19+/m1/s1. The van der Waals surface area contributed by atoms with E-state index in [0.717, 1.165) is 36.6 Å². The number of carbonyl (C=O) groups excluding carboxylic acids is 2. The van der Waals surface area contributed by atoms with Gasteiger partial charge in [0.25, 0.3) is 0 Å². The molecule has 5 nitrogen and oxygen atoms in total. The number of carbonyl (C=O) groups is 2. The smallest absolute Gasteiger partial charge is 0.318 e. The van der Waals surface area contributed by atoms with Gasteiger partial charge in [-0.15, -0.1) is 0 Å². The fraction of sp³-hybridized carbons (Fsp3) is 0.619. The van der Waals surface area contributed by atoms with Gasteiger partial charge in [0, 0.05) is 37.2 Å². The number of aryl methyl sites for hydroxylation is 1. The second-order valence-electron chi connectivity index (χ2n) is 7.99. The highest BCUT2D eigenvalue weighted by atomic mass is 32.2. The van der Waals surface area contributed by atoms with E-state index in [1.165, 1.54) is 6.07 Å². The number of likely N-dealkylation sites (tertiary alicyclic amines) is 1. The molecule has 0 radical (unpaired) electrons. The molecule has 0 aromatic heterocycles. The second-order valence-corrected chi connectivity index (χ2v) is 9.22. The summed E-state index contributed by atoms with van der Waals surface area (Å²) in [6.45, 7) is 7.57. The third-order valence-electron chi connectivity index (χ3n) is 5.49. The minimum absolute atomic E-state index is 0.0123. The summed E-state index contributed by atoms with van der Waals surface area (Å²) in [6, 6.07) is 4.75. The number of nitrogens with zero attached hydrogens (tertiary/aromatic N) is 2. The van der Waals surface area contributed by atoms with Crippen molar-refractivity contribution in [3.8, 4) is 0 Å². The van der Waals surface area contributed by atoms with E-state index in [0.29, 0.717) is 18.5 Å². The molecule has 2 aliphatic heterocycles. The molecule has 2 fully saturated rings. The molecule has 0 saturated carbocycles. The lowest BCUT2D eigenvalue weighted by Crippen LogP contribution is -2.52. The van der Waals surface area contributed by atoms with Crippen molar-refractivity contribution in [1.29, 1.82) is 0 Å². The molecule has 2 heterocycles. The minimum atomic E-state index is -0.242. The summed E-state index contributed by atoms with van der Waals surface area (Å²) in [5.74, 6) is 1.71. The third-order valence-corrected chi connectivity index (χ3v) is 6.44. The van der Waals surface area contributed by atoms with Crippen LogP contribution >= 0.6 is 11.8 Å². The first-order valence-electron chi connectivity index (χ1n) is 10.1. The molecule has 3 rings (SSSR count). The van der Waals surface area contributed by atoms with Crippen LogP contribution < -0.4 is 5.32 Å². The van der Waals surface area contributed by atoms with Gasteiger partial charge in [-0.25, -0.2) is 9.18 Å². The van der Waals surface area contributed by atoms with Gasteiger partial charge < -0.3 is 15.1 Å². The zero-order chi connectivity index (χ0) is 20.3. The molecular formula is C21H30FN3O2S. The summed E-state index contributed by atoms with van der Waals surface area (Å²) < 4.78 is 13.7. The fourth-order valence-electron chi connectivity index (χ4n) is 3.99. The molecule has 0 unspecified atom stereocenters. The Hall–Kier alpha value is -1.76. The van der Waals surface area contributed by atoms with Crippen molar-refractivity contribution in [3.63, 3.8) is 0 Å². The molecule has 2 saturated heterocycles. The minimum Gasteiger partial charge on any atom is -0.341 e. The van der Waals surface area contributed by atoms with Crippen LogP contribution in [0.15, 0.2) is 18.2 Å². The first-order valence-corrected chi connectivity index (χ1v) is 11.2. The molecule has 0 bridgehead atoms. The summed E-state index contributed by atoms with van der Waals surface area (Å²) >= 11 is 1.88. The fourth-order valence-corrected chi connectivity index (χ4v) is 4.89. The van der Waals surface area contributed by atoms with Crippen molar-refractivity contribution in [2.24, 2.45) is 5.92 Å². The van der Waals surface area contributed by atoms with E-state index in [1.807, 2.05) is 36.6 Å². The zero-order valence-corrected chi connectivity index (χ0v) is 17.7. The van der Waals surface area contributed by atoms with Gasteiger partial charge in [0.15, 0.2) is 0 Å². The first-order chi connectivity index (χ1) is 13.4. The summed E-state index contributed by atoms with van der Waals surface area (Å²) in [7, 11) is 0. The number of hydrogen-bond donors (Lipinski definition) is 1. The van der Waals surface area contributed by atoms with Gasteiger partial charge in [0.05, 0.1) is 12.0 Å². The Balaban J connectivity index is 1.80. The van der Waals surface area contributed by atoms with Crippen LogP contribution in [0.4, 0.5) is 9.18 Å². The van der Waals surface area contributed by atoms with Crippen molar-refractivity contribution >= 4 is 23.7 Å². The van der Waals surface area contributed by atoms with Crippen LogP contribution in [0.1, 0.15) is 43.9 Å². The number of urea groups is 1. The van der Waals surface area contributed by atoms with Crippen LogP contribution in [-0.2, 0) is 4.79 Å². The number of nitrogens with one attached hydrogen (secondary N) is 1. The number of rotatable bonds is 3. The van der Waals surface area contributed by atoms with E-state index >= 15 is 0 Å². The lowest BCUT2D eigenvalue weighted by Gasteiger charge is -2.41. The van der Waals surface area contributed by atoms with Crippen molar-refractivity contribution in [3.05, 3.63) is 35.1 Å². The van der Waals surface area contributed by atoms with Crippen molar-refractivity contribution in [2.75, 3.05) is 31.1 Å². The molecular weight excluding hydrogens is 377 g/mol. The van der Waals surface area contributed by atoms with E-state index in [-0.39, 0.29) is 35.8 Å². The number of amides is 3. The highest BCUT2D eigenvalue weighted by Gasteiger charge is 2.37. The number of thioether (sulfide) groups is 1. The van der Waals surface area contributed by atoms with E-state index < -0.39 is 0 Å². The highest BCUT2D eigenvalue weighted by molar-refractivity contribution is 7.99. The number of piperidine rings is 1. The lowest BCUT2D eigenvalue weighted by molar-refractivity contribution is -0.137. The SMILES string of the molecule is Cc1cc([C@@H]2CC[C@@H](C(=O)N3CCSCC3)CN2C(=O)NC(C)C)ccc1F. The maximum absolute atomic E-state index is 13.7. The predicted octanol–water partition coefficient (Wildman–Crippen LogP) is 3.58. The first kappa shape index (κ1) is 21.0. The van der Waals surface area contributed by atoms with E-state index in [9.17, 15) is 14.0 Å².